The number of nitrogens with zero attached hydrogens (tertiary/aromatic N) is 1. The summed E-state index contributed by atoms with van der Waals surface area (Å²) in [6.07, 6.45) is 19.7. The van der Waals surface area contributed by atoms with Crippen LogP contribution in [0.4, 0.5) is 0 Å². The second-order valence-electron chi connectivity index (χ2n) is 16.0. The third kappa shape index (κ3) is 15.8. The van der Waals surface area contributed by atoms with Gasteiger partial charge in [-0.25, -0.2) is 0 Å². The number of aryl methyl sites for hydroxylation is 2. The third-order valence-corrected chi connectivity index (χ3v) is 11.0. The van der Waals surface area contributed by atoms with Crippen molar-refractivity contribution in [2.24, 2.45) is 35.5 Å². The van der Waals surface area contributed by atoms with Crippen molar-refractivity contribution in [2.75, 3.05) is 0 Å². The molecule has 0 aliphatic heterocycles. The van der Waals surface area contributed by atoms with Crippen LogP contribution < -0.4 is 4.74 Å². The van der Waals surface area contributed by atoms with E-state index in [4.69, 9.17) is 27.1 Å². The lowest BCUT2D eigenvalue weighted by atomic mass is 9.85. The van der Waals surface area contributed by atoms with Crippen LogP contribution in [-0.4, -0.2) is 56.5 Å². The number of aromatic nitrogens is 1. The molecule has 1 heterocycles. The maximum absolute atomic E-state index is 13.1. The molecule has 1 aliphatic carbocycles. The standard InChI is InChI=1S/C47H63NO9/c1-8-35(31(3)4)25-45(53)55-29-37-28-48-33(7)47(41(37)30-56-46(54)26-36(9-2)32(5)6)57-44(52)20-16-11-10-15-19-39-40(43(51)27-42(39)50)24-23-38(49)22-21-34-17-13-12-14-18-34/h1-2,10,12-15,17-18,28,31-32,35-36,38-40,42-43,49-51H,11,16,19-27,29-30H2,3-7H3/b15-10-/t35?,36?,38-,39+,40+,42-,43+/m0/s1. The molecule has 1 aliphatic rings. The van der Waals surface area contributed by atoms with Crippen LogP contribution in [-0.2, 0) is 43.5 Å². The van der Waals surface area contributed by atoms with Crippen LogP contribution in [0.5, 0.6) is 5.75 Å². The summed E-state index contributed by atoms with van der Waals surface area (Å²) in [6, 6.07) is 10.0. The molecule has 1 aromatic heterocycles. The first kappa shape index (κ1) is 46.9. The number of ether oxygens (including phenoxy) is 3. The van der Waals surface area contributed by atoms with Crippen LogP contribution in [0, 0.1) is 67.1 Å². The van der Waals surface area contributed by atoms with Crippen LogP contribution in [0.25, 0.3) is 0 Å². The largest absolute Gasteiger partial charge is 0.461 e. The average Bonchev–Trinajstić information content (AvgIpc) is 3.45. The summed E-state index contributed by atoms with van der Waals surface area (Å²) in [5, 5.41) is 32.0. The Morgan fingerprint density at radius 1 is 0.877 bits per heavy atom. The van der Waals surface area contributed by atoms with Crippen LogP contribution in [0.1, 0.15) is 114 Å². The van der Waals surface area contributed by atoms with E-state index in [1.807, 2.05) is 70.2 Å². The molecule has 10 nitrogen and oxygen atoms in total. The molecule has 0 radical (unpaired) electrons. The Balaban J connectivity index is 1.58. The van der Waals surface area contributed by atoms with E-state index >= 15 is 0 Å². The quantitative estimate of drug-likeness (QED) is 0.0456. The first-order valence-corrected chi connectivity index (χ1v) is 20.4. The fourth-order valence-electron chi connectivity index (χ4n) is 7.17. The van der Waals surface area contributed by atoms with Crippen LogP contribution in [0.15, 0.2) is 48.7 Å². The van der Waals surface area contributed by atoms with Gasteiger partial charge < -0.3 is 29.5 Å². The fraction of sp³-hybridized carbons (Fsp3) is 0.574. The van der Waals surface area contributed by atoms with Crippen molar-refractivity contribution in [2.45, 2.75) is 137 Å². The molecular weight excluding hydrogens is 723 g/mol. The van der Waals surface area contributed by atoms with E-state index < -0.39 is 36.2 Å². The van der Waals surface area contributed by atoms with E-state index in [2.05, 4.69) is 16.8 Å². The minimum Gasteiger partial charge on any atom is -0.461 e. The van der Waals surface area contributed by atoms with Gasteiger partial charge in [0.05, 0.1) is 36.8 Å². The molecule has 310 valence electrons. The van der Waals surface area contributed by atoms with Gasteiger partial charge in [-0.15, -0.1) is 24.7 Å². The van der Waals surface area contributed by atoms with Gasteiger partial charge in [-0.3, -0.25) is 19.4 Å². The summed E-state index contributed by atoms with van der Waals surface area (Å²) >= 11 is 0. The Labute approximate surface area is 339 Å². The maximum Gasteiger partial charge on any atom is 0.311 e. The second-order valence-corrected chi connectivity index (χ2v) is 16.0. The van der Waals surface area contributed by atoms with Gasteiger partial charge >= 0.3 is 17.9 Å². The zero-order valence-electron chi connectivity index (χ0n) is 34.4. The molecule has 3 rings (SSSR count). The molecule has 7 atom stereocenters. The number of hydrogen-bond acceptors (Lipinski definition) is 10. The highest BCUT2D eigenvalue weighted by Gasteiger charge is 2.40. The second kappa shape index (κ2) is 24.3. The van der Waals surface area contributed by atoms with Crippen molar-refractivity contribution in [1.29, 1.82) is 0 Å². The van der Waals surface area contributed by atoms with Gasteiger partial charge in [0, 0.05) is 35.6 Å². The normalized spacial score (nSPS) is 19.5. The molecule has 0 amide bonds. The van der Waals surface area contributed by atoms with E-state index in [9.17, 15) is 29.7 Å². The number of esters is 3. The molecule has 0 spiro atoms. The zero-order valence-corrected chi connectivity index (χ0v) is 34.4. The Morgan fingerprint density at radius 3 is 2.11 bits per heavy atom. The number of benzene rings is 1. The van der Waals surface area contributed by atoms with Crippen molar-refractivity contribution in [3.05, 3.63) is 71.1 Å². The molecular formula is C47H63NO9. The summed E-state index contributed by atoms with van der Waals surface area (Å²) in [6.45, 7) is 8.96. The molecule has 1 aromatic carbocycles. The van der Waals surface area contributed by atoms with Gasteiger partial charge in [0.1, 0.15) is 13.2 Å². The Bertz CT molecular complexity index is 1690. The average molecular weight is 786 g/mol. The number of carbonyl (C=O) groups is 3. The number of carbonyl (C=O) groups excluding carboxylic acids is 3. The van der Waals surface area contributed by atoms with Gasteiger partial charge in [-0.1, -0.05) is 70.2 Å². The smallest absolute Gasteiger partial charge is 0.311 e. The first-order chi connectivity index (χ1) is 27.2. The molecule has 10 heteroatoms. The number of aliphatic hydroxyl groups excluding tert-OH is 3. The monoisotopic (exact) mass is 785 g/mol. The topological polar surface area (TPSA) is 152 Å². The van der Waals surface area contributed by atoms with Crippen LogP contribution in [0.3, 0.4) is 0 Å². The van der Waals surface area contributed by atoms with Gasteiger partial charge in [0.25, 0.3) is 0 Å². The van der Waals surface area contributed by atoms with E-state index in [1.54, 1.807) is 6.92 Å². The first-order valence-electron chi connectivity index (χ1n) is 20.4. The third-order valence-electron chi connectivity index (χ3n) is 11.0. The van der Waals surface area contributed by atoms with Gasteiger partial charge in [0.2, 0.25) is 0 Å². The Kier molecular flexibility index (Phi) is 20.0. The van der Waals surface area contributed by atoms with Gasteiger partial charge in [0.15, 0.2) is 5.75 Å². The van der Waals surface area contributed by atoms with Crippen molar-refractivity contribution in [3.63, 3.8) is 0 Å². The van der Waals surface area contributed by atoms with Crippen molar-refractivity contribution in [1.82, 2.24) is 4.98 Å². The number of rotatable bonds is 23. The van der Waals surface area contributed by atoms with Gasteiger partial charge in [-0.2, -0.15) is 0 Å². The SMILES string of the molecule is C#CC(CC(=O)OCc1cnc(C)c(OC(=O)CCC/C=C\C[C@@H]2[C@@H](CC[C@@H](O)CCc3ccccc3)[C@H](O)C[C@@H]2O)c1COC(=O)CC(C#C)C(C)C)C(C)C. The minimum absolute atomic E-state index is 0.0210. The molecule has 2 unspecified atom stereocenters. The number of unbranched alkanes of at least 4 members (excludes halogenated alkanes) is 1. The summed E-state index contributed by atoms with van der Waals surface area (Å²) < 4.78 is 17.0. The molecule has 0 bridgehead atoms. The molecule has 3 N–H and O–H groups in total. The molecule has 1 fully saturated rings. The number of pyridine rings is 1. The summed E-state index contributed by atoms with van der Waals surface area (Å²) in [7, 11) is 0. The van der Waals surface area contributed by atoms with E-state index in [0.29, 0.717) is 61.8 Å². The predicted octanol–water partition coefficient (Wildman–Crippen LogP) is 7.22. The van der Waals surface area contributed by atoms with E-state index in [0.717, 1.165) is 6.42 Å². The van der Waals surface area contributed by atoms with Crippen molar-refractivity contribution >= 4 is 17.9 Å². The molecule has 0 saturated heterocycles. The number of hydrogen-bond donors (Lipinski definition) is 3. The van der Waals surface area contributed by atoms with Crippen molar-refractivity contribution < 1.29 is 43.9 Å². The summed E-state index contributed by atoms with van der Waals surface area (Å²) in [5.41, 5.74) is 2.37. The number of allylic oxidation sites excluding steroid dienone is 2. The fourth-order valence-corrected chi connectivity index (χ4v) is 7.17. The molecule has 57 heavy (non-hydrogen) atoms. The number of terminal acetylenes is 2. The lowest BCUT2D eigenvalue weighted by molar-refractivity contribution is -0.147. The minimum atomic E-state index is -0.621. The van der Waals surface area contributed by atoms with E-state index in [1.165, 1.54) is 11.8 Å². The Hall–Kier alpha value is -4.48. The summed E-state index contributed by atoms with van der Waals surface area (Å²) in [4.78, 5) is 43.0. The van der Waals surface area contributed by atoms with Crippen molar-refractivity contribution in [3.8, 4) is 30.4 Å². The van der Waals surface area contributed by atoms with E-state index in [-0.39, 0.29) is 73.7 Å². The van der Waals surface area contributed by atoms with Gasteiger partial charge in [-0.05, 0) is 87.5 Å². The lowest BCUT2D eigenvalue weighted by Crippen LogP contribution is -2.23. The van der Waals surface area contributed by atoms with Crippen LogP contribution >= 0.6 is 0 Å². The molecule has 1 saturated carbocycles. The number of aliphatic hydroxyl groups is 3. The highest BCUT2D eigenvalue weighted by Crippen LogP contribution is 2.38. The highest BCUT2D eigenvalue weighted by atomic mass is 16.5. The summed E-state index contributed by atoms with van der Waals surface area (Å²) in [5.74, 6) is 3.25. The predicted molar refractivity (Wildman–Crippen MR) is 219 cm³/mol. The Morgan fingerprint density at radius 2 is 1.49 bits per heavy atom. The van der Waals surface area contributed by atoms with Crippen LogP contribution in [0.2, 0.25) is 0 Å². The zero-order chi connectivity index (χ0) is 41.9. The molecule has 2 aromatic rings. The highest BCUT2D eigenvalue weighted by molar-refractivity contribution is 5.74. The maximum atomic E-state index is 13.1. The lowest BCUT2D eigenvalue weighted by Gasteiger charge is -2.23.